The van der Waals surface area contributed by atoms with Gasteiger partial charge in [0.2, 0.25) is 0 Å². The van der Waals surface area contributed by atoms with Gasteiger partial charge in [-0.1, -0.05) is 12.7 Å². The molecule has 0 bridgehead atoms. The van der Waals surface area contributed by atoms with Gasteiger partial charge in [0.25, 0.3) is 0 Å². The molecular formula is C12H14O2. The average molecular weight is 190 g/mol. The smallest absolute Gasteiger partial charge is 0.127 e. The molecule has 0 amide bonds. The zero-order valence-electron chi connectivity index (χ0n) is 8.49. The Morgan fingerprint density at radius 2 is 1.79 bits per heavy atom. The second-order valence-electron chi connectivity index (χ2n) is 2.74. The molecule has 2 heteroatoms. The number of rotatable bonds is 4. The fourth-order valence-electron chi connectivity index (χ4n) is 1.02. The van der Waals surface area contributed by atoms with E-state index in [4.69, 9.17) is 9.47 Å². The van der Waals surface area contributed by atoms with Crippen molar-refractivity contribution >= 4 is 0 Å². The van der Waals surface area contributed by atoms with Crippen LogP contribution in [0.2, 0.25) is 0 Å². The van der Waals surface area contributed by atoms with Gasteiger partial charge in [0.15, 0.2) is 0 Å². The standard InChI is InChI=1S/C12H14O2/c1-4-5-10(2)14-12-8-6-11(13-3)7-9-12/h4-9H,2H2,1,3H3/b5-4-. The van der Waals surface area contributed by atoms with Gasteiger partial charge in [0.05, 0.1) is 7.11 Å². The summed E-state index contributed by atoms with van der Waals surface area (Å²) in [7, 11) is 1.63. The minimum absolute atomic E-state index is 0.623. The fraction of sp³-hybridized carbons (Fsp3) is 0.167. The monoisotopic (exact) mass is 190 g/mol. The number of hydrogen-bond acceptors (Lipinski definition) is 2. The first kappa shape index (κ1) is 10.4. The molecule has 0 aliphatic heterocycles. The molecule has 0 unspecified atom stereocenters. The SMILES string of the molecule is C=C(/C=C\C)Oc1ccc(OC)cc1. The molecule has 0 saturated carbocycles. The summed E-state index contributed by atoms with van der Waals surface area (Å²) in [4.78, 5) is 0. The fourth-order valence-corrected chi connectivity index (χ4v) is 1.02. The number of benzene rings is 1. The van der Waals surface area contributed by atoms with Crippen molar-refractivity contribution < 1.29 is 9.47 Å². The van der Waals surface area contributed by atoms with E-state index in [1.165, 1.54) is 0 Å². The van der Waals surface area contributed by atoms with Crippen LogP contribution in [0.15, 0.2) is 48.8 Å². The molecule has 0 aromatic heterocycles. The molecule has 1 aromatic rings. The molecule has 0 spiro atoms. The van der Waals surface area contributed by atoms with E-state index in [-0.39, 0.29) is 0 Å². The van der Waals surface area contributed by atoms with Crippen molar-refractivity contribution in [1.29, 1.82) is 0 Å². The molecule has 14 heavy (non-hydrogen) atoms. The Hall–Kier alpha value is -1.70. The molecule has 1 aromatic carbocycles. The topological polar surface area (TPSA) is 18.5 Å². The van der Waals surface area contributed by atoms with Crippen molar-refractivity contribution in [2.75, 3.05) is 7.11 Å². The lowest BCUT2D eigenvalue weighted by atomic mass is 10.3. The lowest BCUT2D eigenvalue weighted by molar-refractivity contribution is 0.411. The van der Waals surface area contributed by atoms with Crippen LogP contribution in [0, 0.1) is 0 Å². The Balaban J connectivity index is 2.64. The van der Waals surface area contributed by atoms with Gasteiger partial charge >= 0.3 is 0 Å². The summed E-state index contributed by atoms with van der Waals surface area (Å²) in [6.07, 6.45) is 3.69. The van der Waals surface area contributed by atoms with Gasteiger partial charge in [-0.3, -0.25) is 0 Å². The first-order valence-corrected chi connectivity index (χ1v) is 4.39. The van der Waals surface area contributed by atoms with Crippen molar-refractivity contribution in [1.82, 2.24) is 0 Å². The third-order valence-electron chi connectivity index (χ3n) is 1.66. The zero-order chi connectivity index (χ0) is 10.4. The minimum Gasteiger partial charge on any atom is -0.497 e. The number of methoxy groups -OCH3 is 1. The van der Waals surface area contributed by atoms with Gasteiger partial charge in [0.1, 0.15) is 17.3 Å². The Kier molecular flexibility index (Phi) is 3.80. The van der Waals surface area contributed by atoms with Crippen molar-refractivity contribution in [3.8, 4) is 11.5 Å². The molecule has 0 atom stereocenters. The molecule has 0 aliphatic rings. The summed E-state index contributed by atoms with van der Waals surface area (Å²) in [5, 5.41) is 0. The summed E-state index contributed by atoms with van der Waals surface area (Å²) in [6, 6.07) is 7.37. The highest BCUT2D eigenvalue weighted by molar-refractivity contribution is 5.32. The second-order valence-corrected chi connectivity index (χ2v) is 2.74. The van der Waals surface area contributed by atoms with Crippen LogP contribution in [0.3, 0.4) is 0 Å². The van der Waals surface area contributed by atoms with E-state index in [0.29, 0.717) is 5.76 Å². The summed E-state index contributed by atoms with van der Waals surface area (Å²) < 4.78 is 10.4. The summed E-state index contributed by atoms with van der Waals surface area (Å²) >= 11 is 0. The molecule has 74 valence electrons. The van der Waals surface area contributed by atoms with Gasteiger partial charge in [-0.25, -0.2) is 0 Å². The third kappa shape index (κ3) is 2.98. The lowest BCUT2D eigenvalue weighted by Crippen LogP contribution is -1.90. The molecular weight excluding hydrogens is 176 g/mol. The quantitative estimate of drug-likeness (QED) is 0.536. The maximum Gasteiger partial charge on any atom is 0.127 e. The molecule has 0 heterocycles. The van der Waals surface area contributed by atoms with Gasteiger partial charge < -0.3 is 9.47 Å². The van der Waals surface area contributed by atoms with Crippen molar-refractivity contribution in [3.05, 3.63) is 48.8 Å². The van der Waals surface area contributed by atoms with E-state index in [2.05, 4.69) is 6.58 Å². The van der Waals surface area contributed by atoms with Crippen molar-refractivity contribution in [2.45, 2.75) is 6.92 Å². The molecule has 2 nitrogen and oxygen atoms in total. The first-order chi connectivity index (χ1) is 6.76. The number of hydrogen-bond donors (Lipinski definition) is 0. The normalized spacial score (nSPS) is 10.1. The van der Waals surface area contributed by atoms with Crippen LogP contribution >= 0.6 is 0 Å². The molecule has 0 fully saturated rings. The number of allylic oxidation sites excluding steroid dienone is 2. The van der Waals surface area contributed by atoms with Crippen LogP contribution in [0.1, 0.15) is 6.92 Å². The predicted octanol–water partition coefficient (Wildman–Crippen LogP) is 3.16. The van der Waals surface area contributed by atoms with Crippen LogP contribution < -0.4 is 9.47 Å². The highest BCUT2D eigenvalue weighted by atomic mass is 16.5. The Labute approximate surface area is 84.5 Å². The summed E-state index contributed by atoms with van der Waals surface area (Å²) in [6.45, 7) is 5.66. The predicted molar refractivity (Wildman–Crippen MR) is 57.6 cm³/mol. The van der Waals surface area contributed by atoms with Gasteiger partial charge in [-0.2, -0.15) is 0 Å². The summed E-state index contributed by atoms with van der Waals surface area (Å²) in [5.74, 6) is 2.19. The molecule has 0 saturated heterocycles. The van der Waals surface area contributed by atoms with E-state index in [1.807, 2.05) is 43.3 Å². The lowest BCUT2D eigenvalue weighted by Gasteiger charge is -2.05. The van der Waals surface area contributed by atoms with Gasteiger partial charge in [0, 0.05) is 0 Å². The second kappa shape index (κ2) is 5.12. The van der Waals surface area contributed by atoms with Crippen molar-refractivity contribution in [3.63, 3.8) is 0 Å². The van der Waals surface area contributed by atoms with E-state index in [1.54, 1.807) is 7.11 Å². The molecule has 0 radical (unpaired) electrons. The first-order valence-electron chi connectivity index (χ1n) is 4.39. The van der Waals surface area contributed by atoms with E-state index in [9.17, 15) is 0 Å². The summed E-state index contributed by atoms with van der Waals surface area (Å²) in [5.41, 5.74) is 0. The average Bonchev–Trinajstić information content (AvgIpc) is 2.19. The maximum atomic E-state index is 5.42. The van der Waals surface area contributed by atoms with E-state index < -0.39 is 0 Å². The largest absolute Gasteiger partial charge is 0.497 e. The van der Waals surface area contributed by atoms with Crippen molar-refractivity contribution in [2.24, 2.45) is 0 Å². The van der Waals surface area contributed by atoms with Crippen LogP contribution in [-0.2, 0) is 0 Å². The zero-order valence-corrected chi connectivity index (χ0v) is 8.49. The maximum absolute atomic E-state index is 5.42. The number of ether oxygens (including phenoxy) is 2. The van der Waals surface area contributed by atoms with Crippen LogP contribution in [0.5, 0.6) is 11.5 Å². The molecule has 0 N–H and O–H groups in total. The van der Waals surface area contributed by atoms with Crippen LogP contribution in [0.4, 0.5) is 0 Å². The molecule has 1 rings (SSSR count). The van der Waals surface area contributed by atoms with Crippen LogP contribution in [-0.4, -0.2) is 7.11 Å². The van der Waals surface area contributed by atoms with Gasteiger partial charge in [-0.15, -0.1) is 0 Å². The molecule has 0 aliphatic carbocycles. The highest BCUT2D eigenvalue weighted by Gasteiger charge is 1.95. The Bertz CT molecular complexity index is 323. The van der Waals surface area contributed by atoms with E-state index in [0.717, 1.165) is 11.5 Å². The van der Waals surface area contributed by atoms with Gasteiger partial charge in [-0.05, 0) is 37.3 Å². The highest BCUT2D eigenvalue weighted by Crippen LogP contribution is 2.18. The minimum atomic E-state index is 0.623. The Morgan fingerprint density at radius 3 is 2.29 bits per heavy atom. The third-order valence-corrected chi connectivity index (χ3v) is 1.66. The Morgan fingerprint density at radius 1 is 1.21 bits per heavy atom. The van der Waals surface area contributed by atoms with Crippen LogP contribution in [0.25, 0.3) is 0 Å². The van der Waals surface area contributed by atoms with E-state index >= 15 is 0 Å².